The van der Waals surface area contributed by atoms with Crippen LogP contribution < -0.4 is 14.9 Å². The summed E-state index contributed by atoms with van der Waals surface area (Å²) < 4.78 is 11.7. The summed E-state index contributed by atoms with van der Waals surface area (Å²) in [6, 6.07) is 18.8. The second kappa shape index (κ2) is 10.7. The first-order valence-corrected chi connectivity index (χ1v) is 10.3. The molecule has 0 unspecified atom stereocenters. The summed E-state index contributed by atoms with van der Waals surface area (Å²) in [5.41, 5.74) is 4.39. The quantitative estimate of drug-likeness (QED) is 0.213. The van der Waals surface area contributed by atoms with Crippen LogP contribution in [0.5, 0.6) is 11.5 Å². The molecule has 0 atom stereocenters. The zero-order chi connectivity index (χ0) is 22.2. The number of hydrogen-bond donors (Lipinski definition) is 1. The molecule has 0 fully saturated rings. The number of hydrazone groups is 1. The molecule has 0 aromatic heterocycles. The summed E-state index contributed by atoms with van der Waals surface area (Å²) in [6.07, 6.45) is 1.69. The molecule has 8 heteroatoms. The molecule has 3 rings (SSSR count). The van der Waals surface area contributed by atoms with Gasteiger partial charge >= 0.3 is 5.97 Å². The van der Waals surface area contributed by atoms with E-state index in [1.807, 2.05) is 24.3 Å². The second-order valence-electron chi connectivity index (χ2n) is 6.40. The largest absolute Gasteiger partial charge is 0.493 e. The molecule has 0 spiro atoms. The normalized spacial score (nSPS) is 10.7. The van der Waals surface area contributed by atoms with Gasteiger partial charge in [0.25, 0.3) is 0 Å². The van der Waals surface area contributed by atoms with Gasteiger partial charge in [0, 0.05) is 9.50 Å². The Morgan fingerprint density at radius 3 is 2.42 bits per heavy atom. The molecule has 3 aromatic rings. The van der Waals surface area contributed by atoms with Gasteiger partial charge in [-0.05, 0) is 65.7 Å². The summed E-state index contributed by atoms with van der Waals surface area (Å²) >= 11 is 9.19. The molecule has 3 aromatic carbocycles. The Kier molecular flexibility index (Phi) is 7.81. The van der Waals surface area contributed by atoms with E-state index in [9.17, 15) is 9.59 Å². The molecule has 158 valence electrons. The monoisotopic (exact) mass is 500 g/mol. The minimum Gasteiger partial charge on any atom is -0.493 e. The highest BCUT2D eigenvalue weighted by Gasteiger charge is 2.13. The Labute approximate surface area is 193 Å². The third-order valence-corrected chi connectivity index (χ3v) is 4.93. The third-order valence-electron chi connectivity index (χ3n) is 4.15. The number of nitrogens with one attached hydrogen (secondary N) is 1. The van der Waals surface area contributed by atoms with Crippen molar-refractivity contribution in [1.29, 1.82) is 0 Å². The maximum Gasteiger partial charge on any atom is 0.343 e. The average Bonchev–Trinajstić information content (AvgIpc) is 2.76. The van der Waals surface area contributed by atoms with Crippen LogP contribution in [0.3, 0.4) is 0 Å². The van der Waals surface area contributed by atoms with Gasteiger partial charge in [0.05, 0.1) is 25.3 Å². The summed E-state index contributed by atoms with van der Waals surface area (Å²) in [5.74, 6) is -0.151. The van der Waals surface area contributed by atoms with E-state index in [1.165, 1.54) is 13.3 Å². The number of hydrogen-bond acceptors (Lipinski definition) is 5. The number of esters is 1. The number of rotatable bonds is 7. The van der Waals surface area contributed by atoms with Crippen molar-refractivity contribution >= 4 is 45.6 Å². The lowest BCUT2D eigenvalue weighted by Crippen LogP contribution is -2.19. The Balaban J connectivity index is 1.61. The molecule has 0 heterocycles. The smallest absolute Gasteiger partial charge is 0.343 e. The lowest BCUT2D eigenvalue weighted by molar-refractivity contribution is -0.120. The average molecular weight is 502 g/mol. The number of methoxy groups -OCH3 is 1. The topological polar surface area (TPSA) is 77.0 Å². The number of carbonyl (C=O) groups excluding carboxylic acids is 2. The van der Waals surface area contributed by atoms with Gasteiger partial charge in [-0.3, -0.25) is 4.79 Å². The maximum atomic E-state index is 12.3. The van der Waals surface area contributed by atoms with Gasteiger partial charge < -0.3 is 9.47 Å². The molecular formula is C23H18BrClN2O4. The van der Waals surface area contributed by atoms with E-state index < -0.39 is 5.97 Å². The maximum absolute atomic E-state index is 12.3. The first-order chi connectivity index (χ1) is 14.9. The SMILES string of the molecule is COc1cc(/C=N/NC(=O)Cc2ccc(Br)cc2)ccc1OC(=O)c1ccc(Cl)cc1. The van der Waals surface area contributed by atoms with Gasteiger partial charge in [-0.1, -0.05) is 39.7 Å². The van der Waals surface area contributed by atoms with Crippen LogP contribution in [0.15, 0.2) is 76.3 Å². The lowest BCUT2D eigenvalue weighted by Gasteiger charge is -2.10. The van der Waals surface area contributed by atoms with Crippen LogP contribution in [0.25, 0.3) is 0 Å². The van der Waals surface area contributed by atoms with Gasteiger partial charge in [0.1, 0.15) is 0 Å². The molecule has 31 heavy (non-hydrogen) atoms. The fourth-order valence-corrected chi connectivity index (χ4v) is 2.99. The predicted molar refractivity (Wildman–Crippen MR) is 123 cm³/mol. The number of carbonyl (C=O) groups is 2. The summed E-state index contributed by atoms with van der Waals surface area (Å²) in [4.78, 5) is 24.3. The predicted octanol–water partition coefficient (Wildman–Crippen LogP) is 5.02. The Hall–Kier alpha value is -3.16. The highest BCUT2D eigenvalue weighted by molar-refractivity contribution is 9.10. The minimum absolute atomic E-state index is 0.216. The standard InChI is InChI=1S/C23H18BrClN2O4/c1-30-21-12-16(14-26-27-22(28)13-15-2-7-18(24)8-3-15)4-11-20(21)31-23(29)17-5-9-19(25)10-6-17/h2-12,14H,13H2,1H3,(H,27,28)/b26-14+. The van der Waals surface area contributed by atoms with E-state index >= 15 is 0 Å². The summed E-state index contributed by atoms with van der Waals surface area (Å²) in [5, 5.41) is 4.50. The van der Waals surface area contributed by atoms with Crippen molar-refractivity contribution in [1.82, 2.24) is 5.43 Å². The summed E-state index contributed by atoms with van der Waals surface area (Å²) in [7, 11) is 1.47. The van der Waals surface area contributed by atoms with E-state index in [0.29, 0.717) is 21.9 Å². The van der Waals surface area contributed by atoms with Gasteiger partial charge in [0.2, 0.25) is 5.91 Å². The van der Waals surface area contributed by atoms with Crippen LogP contribution in [0.2, 0.25) is 5.02 Å². The molecule has 0 saturated carbocycles. The zero-order valence-electron chi connectivity index (χ0n) is 16.5. The number of halogens is 2. The van der Waals surface area contributed by atoms with Crippen LogP contribution in [0, 0.1) is 0 Å². The lowest BCUT2D eigenvalue weighted by atomic mass is 10.1. The van der Waals surface area contributed by atoms with Crippen molar-refractivity contribution in [3.05, 3.63) is 92.9 Å². The van der Waals surface area contributed by atoms with Gasteiger partial charge in [-0.2, -0.15) is 5.10 Å². The number of nitrogens with zero attached hydrogens (tertiary/aromatic N) is 1. The minimum atomic E-state index is -0.531. The van der Waals surface area contributed by atoms with Crippen molar-refractivity contribution in [2.75, 3.05) is 7.11 Å². The van der Waals surface area contributed by atoms with Crippen LogP contribution in [-0.4, -0.2) is 25.2 Å². The molecule has 1 N–H and O–H groups in total. The molecule has 0 bridgehead atoms. The number of benzene rings is 3. The Bertz CT molecular complexity index is 1100. The number of ether oxygens (including phenoxy) is 2. The van der Waals surface area contributed by atoms with Crippen molar-refractivity contribution < 1.29 is 19.1 Å². The van der Waals surface area contributed by atoms with E-state index in [4.69, 9.17) is 21.1 Å². The fraction of sp³-hybridized carbons (Fsp3) is 0.0870. The van der Waals surface area contributed by atoms with Gasteiger partial charge in [-0.15, -0.1) is 0 Å². The van der Waals surface area contributed by atoms with E-state index in [-0.39, 0.29) is 18.1 Å². The fourth-order valence-electron chi connectivity index (χ4n) is 2.60. The van der Waals surface area contributed by atoms with Crippen LogP contribution in [-0.2, 0) is 11.2 Å². The van der Waals surface area contributed by atoms with Crippen LogP contribution in [0.1, 0.15) is 21.5 Å². The van der Waals surface area contributed by atoms with Gasteiger partial charge in [0.15, 0.2) is 11.5 Å². The van der Waals surface area contributed by atoms with E-state index in [1.54, 1.807) is 42.5 Å². The highest BCUT2D eigenvalue weighted by atomic mass is 79.9. The molecule has 0 radical (unpaired) electrons. The first kappa shape index (κ1) is 22.5. The first-order valence-electron chi connectivity index (χ1n) is 9.17. The van der Waals surface area contributed by atoms with Crippen molar-refractivity contribution in [3.8, 4) is 11.5 Å². The van der Waals surface area contributed by atoms with Crippen LogP contribution >= 0.6 is 27.5 Å². The van der Waals surface area contributed by atoms with E-state index in [0.717, 1.165) is 10.0 Å². The van der Waals surface area contributed by atoms with E-state index in [2.05, 4.69) is 26.5 Å². The molecule has 0 aliphatic heterocycles. The highest BCUT2D eigenvalue weighted by Crippen LogP contribution is 2.28. The second-order valence-corrected chi connectivity index (χ2v) is 7.76. The Morgan fingerprint density at radius 2 is 1.74 bits per heavy atom. The van der Waals surface area contributed by atoms with Crippen molar-refractivity contribution in [3.63, 3.8) is 0 Å². The molecular weight excluding hydrogens is 484 g/mol. The summed E-state index contributed by atoms with van der Waals surface area (Å²) in [6.45, 7) is 0. The van der Waals surface area contributed by atoms with Crippen molar-refractivity contribution in [2.45, 2.75) is 6.42 Å². The molecule has 0 saturated heterocycles. The Morgan fingerprint density at radius 1 is 1.03 bits per heavy atom. The molecule has 1 amide bonds. The molecule has 0 aliphatic rings. The number of amides is 1. The molecule has 0 aliphatic carbocycles. The van der Waals surface area contributed by atoms with Crippen LogP contribution in [0.4, 0.5) is 0 Å². The van der Waals surface area contributed by atoms with Gasteiger partial charge in [-0.25, -0.2) is 10.2 Å². The molecule has 6 nitrogen and oxygen atoms in total. The third kappa shape index (κ3) is 6.67. The van der Waals surface area contributed by atoms with Crippen molar-refractivity contribution in [2.24, 2.45) is 5.10 Å². The zero-order valence-corrected chi connectivity index (χ0v) is 18.8.